The minimum atomic E-state index is -1.40. The Hall–Kier alpha value is -2.93. The van der Waals surface area contributed by atoms with Gasteiger partial charge in [0.05, 0.1) is 24.1 Å². The van der Waals surface area contributed by atoms with Gasteiger partial charge in [-0.15, -0.1) is 11.3 Å². The van der Waals surface area contributed by atoms with E-state index >= 15 is 0 Å². The van der Waals surface area contributed by atoms with Gasteiger partial charge in [0.2, 0.25) is 5.43 Å². The van der Waals surface area contributed by atoms with E-state index in [2.05, 4.69) is 15.4 Å². The summed E-state index contributed by atoms with van der Waals surface area (Å²) in [6.07, 6.45) is 6.04. The standard InChI is InChI=1S/C21H22FN5O5S/c22-16-7-14-17(28)15(20(29)30)10-27(21-23-4-6-33-21)18(14)24-19(16)26-8-12(9-26)25-32-11-13-3-1-2-5-31-13/h4,6-7,10,12-13,25H,1-3,5,8-9,11H2,(H,29,30). The quantitative estimate of drug-likeness (QED) is 0.494. The van der Waals surface area contributed by atoms with E-state index in [4.69, 9.17) is 9.57 Å². The molecule has 33 heavy (non-hydrogen) atoms. The Morgan fingerprint density at radius 3 is 2.94 bits per heavy atom. The van der Waals surface area contributed by atoms with Crippen molar-refractivity contribution >= 4 is 34.2 Å². The predicted molar refractivity (Wildman–Crippen MR) is 119 cm³/mol. The van der Waals surface area contributed by atoms with E-state index in [0.29, 0.717) is 24.8 Å². The van der Waals surface area contributed by atoms with Gasteiger partial charge in [0.15, 0.2) is 22.4 Å². The van der Waals surface area contributed by atoms with Crippen LogP contribution in [0.2, 0.25) is 0 Å². The SMILES string of the molecule is O=C(O)c1cn(-c2nccs2)c2nc(N3CC(NOCC4CCCCO4)C3)c(F)cc2c1=O. The summed E-state index contributed by atoms with van der Waals surface area (Å²) in [5, 5.41) is 11.4. The van der Waals surface area contributed by atoms with Gasteiger partial charge in [-0.2, -0.15) is 5.48 Å². The van der Waals surface area contributed by atoms with Crippen LogP contribution in [0.1, 0.15) is 29.6 Å². The molecule has 0 aliphatic carbocycles. The summed E-state index contributed by atoms with van der Waals surface area (Å²) >= 11 is 1.25. The molecule has 0 radical (unpaired) electrons. The van der Waals surface area contributed by atoms with Crippen molar-refractivity contribution in [2.45, 2.75) is 31.4 Å². The van der Waals surface area contributed by atoms with Crippen LogP contribution in [0.5, 0.6) is 0 Å². The number of aromatic nitrogens is 3. The molecule has 2 aliphatic heterocycles. The first-order valence-electron chi connectivity index (χ1n) is 10.6. The van der Waals surface area contributed by atoms with Crippen molar-refractivity contribution < 1.29 is 23.9 Å². The maximum atomic E-state index is 14.9. The highest BCUT2D eigenvalue weighted by molar-refractivity contribution is 7.12. The maximum absolute atomic E-state index is 14.9. The van der Waals surface area contributed by atoms with Crippen LogP contribution in [0.4, 0.5) is 10.2 Å². The molecule has 10 nitrogen and oxygen atoms in total. The number of hydrogen-bond acceptors (Lipinski definition) is 9. The number of anilines is 1. The molecule has 5 heterocycles. The molecule has 1 atom stereocenters. The second-order valence-corrected chi connectivity index (χ2v) is 8.92. The monoisotopic (exact) mass is 475 g/mol. The number of carbonyl (C=O) groups is 1. The summed E-state index contributed by atoms with van der Waals surface area (Å²) in [6, 6.07) is 1.05. The Kier molecular flexibility index (Phi) is 6.06. The highest BCUT2D eigenvalue weighted by Gasteiger charge is 2.31. The summed E-state index contributed by atoms with van der Waals surface area (Å²) in [7, 11) is 0. The molecule has 2 fully saturated rings. The zero-order valence-corrected chi connectivity index (χ0v) is 18.4. The highest BCUT2D eigenvalue weighted by Crippen LogP contribution is 2.27. The predicted octanol–water partition coefficient (Wildman–Crippen LogP) is 1.96. The van der Waals surface area contributed by atoms with Crippen molar-refractivity contribution in [1.82, 2.24) is 20.0 Å². The number of hydroxylamine groups is 1. The van der Waals surface area contributed by atoms with Crippen LogP contribution in [0.25, 0.3) is 16.2 Å². The Bertz CT molecular complexity index is 1220. The third-order valence-electron chi connectivity index (χ3n) is 5.74. The number of hydrogen-bond donors (Lipinski definition) is 2. The fourth-order valence-electron chi connectivity index (χ4n) is 3.99. The van der Waals surface area contributed by atoms with E-state index in [1.807, 2.05) is 0 Å². The third kappa shape index (κ3) is 4.34. The molecule has 0 bridgehead atoms. The first-order valence-corrected chi connectivity index (χ1v) is 11.5. The van der Waals surface area contributed by atoms with Crippen molar-refractivity contribution in [2.24, 2.45) is 0 Å². The van der Waals surface area contributed by atoms with Crippen LogP contribution < -0.4 is 15.8 Å². The van der Waals surface area contributed by atoms with Gasteiger partial charge in [-0.1, -0.05) is 0 Å². The molecular formula is C21H22FN5O5S. The Labute approximate surface area is 191 Å². The Morgan fingerprint density at radius 1 is 1.39 bits per heavy atom. The minimum Gasteiger partial charge on any atom is -0.477 e. The van der Waals surface area contributed by atoms with Gasteiger partial charge in [0, 0.05) is 37.5 Å². The second-order valence-electron chi connectivity index (χ2n) is 8.05. The number of carboxylic acid groups (broad SMARTS) is 1. The minimum absolute atomic E-state index is 0.000953. The molecule has 0 amide bonds. The molecule has 3 aromatic heterocycles. The van der Waals surface area contributed by atoms with Crippen molar-refractivity contribution in [3.05, 3.63) is 45.4 Å². The summed E-state index contributed by atoms with van der Waals surface area (Å²) < 4.78 is 22.0. The van der Waals surface area contributed by atoms with Crippen LogP contribution in [0.15, 0.2) is 28.6 Å². The lowest BCUT2D eigenvalue weighted by atomic mass is 10.1. The average Bonchev–Trinajstić information content (AvgIpc) is 3.31. The normalized spacial score (nSPS) is 19.1. The largest absolute Gasteiger partial charge is 0.477 e. The molecule has 0 saturated carbocycles. The lowest BCUT2D eigenvalue weighted by Gasteiger charge is -2.40. The number of ether oxygens (including phenoxy) is 1. The number of carboxylic acids is 1. The van der Waals surface area contributed by atoms with Crippen LogP contribution in [0, 0.1) is 5.82 Å². The number of aromatic carboxylic acids is 1. The van der Waals surface area contributed by atoms with Gasteiger partial charge in [0.1, 0.15) is 5.56 Å². The van der Waals surface area contributed by atoms with Gasteiger partial charge in [-0.25, -0.2) is 19.2 Å². The molecule has 0 aromatic carbocycles. The first-order chi connectivity index (χ1) is 16.0. The molecule has 2 saturated heterocycles. The van der Waals surface area contributed by atoms with E-state index in [1.165, 1.54) is 22.1 Å². The maximum Gasteiger partial charge on any atom is 0.341 e. The molecule has 2 aliphatic rings. The van der Waals surface area contributed by atoms with Gasteiger partial charge >= 0.3 is 5.97 Å². The molecule has 3 aromatic rings. The number of pyridine rings is 2. The smallest absolute Gasteiger partial charge is 0.341 e. The third-order valence-corrected chi connectivity index (χ3v) is 6.51. The number of thiazole rings is 1. The number of nitrogens with zero attached hydrogens (tertiary/aromatic N) is 4. The Morgan fingerprint density at radius 2 is 2.24 bits per heavy atom. The van der Waals surface area contributed by atoms with E-state index in [9.17, 15) is 19.1 Å². The van der Waals surface area contributed by atoms with Crippen LogP contribution in [0.3, 0.4) is 0 Å². The van der Waals surface area contributed by atoms with Gasteiger partial charge < -0.3 is 14.7 Å². The number of fused-ring (bicyclic) bond motifs is 1. The fraction of sp³-hybridized carbons (Fsp3) is 0.429. The summed E-state index contributed by atoms with van der Waals surface area (Å²) in [6.45, 7) is 2.16. The zero-order valence-electron chi connectivity index (χ0n) is 17.6. The van der Waals surface area contributed by atoms with E-state index in [-0.39, 0.29) is 29.0 Å². The van der Waals surface area contributed by atoms with Crippen molar-refractivity contribution in [2.75, 3.05) is 31.2 Å². The number of halogens is 1. The second kappa shape index (κ2) is 9.14. The van der Waals surface area contributed by atoms with Crippen molar-refractivity contribution in [3.8, 4) is 5.13 Å². The first kappa shape index (κ1) is 21.9. The summed E-state index contributed by atoms with van der Waals surface area (Å²) in [4.78, 5) is 40.1. The lowest BCUT2D eigenvalue weighted by Crippen LogP contribution is -2.58. The molecule has 1 unspecified atom stereocenters. The zero-order chi connectivity index (χ0) is 22.9. The molecule has 12 heteroatoms. The molecule has 0 spiro atoms. The van der Waals surface area contributed by atoms with E-state index in [1.54, 1.807) is 16.5 Å². The van der Waals surface area contributed by atoms with E-state index < -0.39 is 22.8 Å². The fourth-order valence-corrected chi connectivity index (χ4v) is 4.61. The summed E-state index contributed by atoms with van der Waals surface area (Å²) in [5.41, 5.74) is 1.88. The number of rotatable bonds is 7. The topological polar surface area (TPSA) is 119 Å². The lowest BCUT2D eigenvalue weighted by molar-refractivity contribution is -0.0799. The van der Waals surface area contributed by atoms with E-state index in [0.717, 1.165) is 31.9 Å². The van der Waals surface area contributed by atoms with Crippen molar-refractivity contribution in [1.29, 1.82) is 0 Å². The van der Waals surface area contributed by atoms with Gasteiger partial charge in [-0.3, -0.25) is 14.2 Å². The van der Waals surface area contributed by atoms with Gasteiger partial charge in [-0.05, 0) is 25.3 Å². The average molecular weight is 476 g/mol. The number of nitrogens with one attached hydrogen (secondary N) is 1. The molecule has 174 valence electrons. The van der Waals surface area contributed by atoms with Crippen LogP contribution >= 0.6 is 11.3 Å². The Balaban J connectivity index is 1.36. The molecule has 5 rings (SSSR count). The van der Waals surface area contributed by atoms with Crippen molar-refractivity contribution in [3.63, 3.8) is 0 Å². The van der Waals surface area contributed by atoms with Gasteiger partial charge in [0.25, 0.3) is 0 Å². The van der Waals surface area contributed by atoms with Crippen LogP contribution in [-0.2, 0) is 9.57 Å². The summed E-state index contributed by atoms with van der Waals surface area (Å²) in [5.74, 6) is -2.00. The molecule has 2 N–H and O–H groups in total. The van der Waals surface area contributed by atoms with Crippen LogP contribution in [-0.4, -0.2) is 64.1 Å². The highest BCUT2D eigenvalue weighted by atomic mass is 32.1. The molecular weight excluding hydrogens is 453 g/mol.